The third kappa shape index (κ3) is 5.84. The van der Waals surface area contributed by atoms with E-state index in [9.17, 15) is 9.59 Å². The number of halogens is 2. The Morgan fingerprint density at radius 1 is 1.17 bits per heavy atom. The molecule has 0 saturated heterocycles. The molecule has 1 heterocycles. The molecule has 2 unspecified atom stereocenters. The molecule has 0 fully saturated rings. The first kappa shape index (κ1) is 21.9. The second-order valence-corrected chi connectivity index (χ2v) is 4.95. The monoisotopic (exact) mass is 373 g/mol. The van der Waals surface area contributed by atoms with Crippen LogP contribution in [-0.2, 0) is 9.59 Å². The second kappa shape index (κ2) is 10.6. The van der Waals surface area contributed by atoms with Crippen molar-refractivity contribution in [3.63, 3.8) is 0 Å². The number of nitrogens with zero attached hydrogens (tertiary/aromatic N) is 1. The van der Waals surface area contributed by atoms with Gasteiger partial charge >= 0.3 is 0 Å². The summed E-state index contributed by atoms with van der Waals surface area (Å²) in [6, 6.07) is 9.86. The Morgan fingerprint density at radius 2 is 1.83 bits per heavy atom. The number of carbonyl (C=O) groups excluding carboxylic acids is 2. The van der Waals surface area contributed by atoms with E-state index in [1.165, 1.54) is 6.20 Å². The Kier molecular flexibility index (Phi) is 9.71. The standard InChI is InChI=1S/C15H19N5O2.2ClH/c1-10(9-16)14(21)19-13(11-5-3-2-4-6-11)15(22)18-12-7-8-17-20-12;;/h2-8,10,13H,9,16H2,1H3,(H,19,21)(H2,17,18,20,22);2*1H. The van der Waals surface area contributed by atoms with E-state index in [1.54, 1.807) is 25.1 Å². The van der Waals surface area contributed by atoms with Crippen molar-refractivity contribution >= 4 is 42.4 Å². The zero-order valence-electron chi connectivity index (χ0n) is 13.1. The van der Waals surface area contributed by atoms with Gasteiger partial charge in [-0.3, -0.25) is 14.7 Å². The van der Waals surface area contributed by atoms with Gasteiger partial charge in [0, 0.05) is 18.5 Å². The van der Waals surface area contributed by atoms with E-state index >= 15 is 0 Å². The number of amides is 2. The Hall–Kier alpha value is -2.09. The Morgan fingerprint density at radius 3 is 2.38 bits per heavy atom. The fraction of sp³-hybridized carbons (Fsp3) is 0.267. The summed E-state index contributed by atoms with van der Waals surface area (Å²) < 4.78 is 0. The highest BCUT2D eigenvalue weighted by atomic mass is 35.5. The fourth-order valence-corrected chi connectivity index (χ4v) is 1.87. The lowest BCUT2D eigenvalue weighted by Crippen LogP contribution is -2.41. The molecule has 0 aliphatic carbocycles. The van der Waals surface area contributed by atoms with E-state index in [0.717, 1.165) is 0 Å². The van der Waals surface area contributed by atoms with Crippen LogP contribution in [0.5, 0.6) is 0 Å². The first-order valence-electron chi connectivity index (χ1n) is 6.97. The van der Waals surface area contributed by atoms with Crippen LogP contribution in [0.1, 0.15) is 18.5 Å². The van der Waals surface area contributed by atoms with E-state index in [1.807, 2.05) is 18.2 Å². The molecule has 9 heteroatoms. The number of H-pyrrole nitrogens is 1. The highest BCUT2D eigenvalue weighted by Gasteiger charge is 2.24. The summed E-state index contributed by atoms with van der Waals surface area (Å²) in [6.07, 6.45) is 1.53. The number of carbonyl (C=O) groups is 2. The summed E-state index contributed by atoms with van der Waals surface area (Å²) >= 11 is 0. The molecule has 0 bridgehead atoms. The van der Waals surface area contributed by atoms with Crippen molar-refractivity contribution in [1.29, 1.82) is 0 Å². The van der Waals surface area contributed by atoms with Gasteiger partial charge in [0.2, 0.25) is 5.91 Å². The predicted octanol–water partition coefficient (Wildman–Crippen LogP) is 1.64. The number of aromatic nitrogens is 2. The number of anilines is 1. The molecular formula is C15H21Cl2N5O2. The van der Waals surface area contributed by atoms with Crippen LogP contribution in [0.15, 0.2) is 42.6 Å². The third-order valence-electron chi connectivity index (χ3n) is 3.24. The summed E-state index contributed by atoms with van der Waals surface area (Å²) in [5.41, 5.74) is 6.19. The van der Waals surface area contributed by atoms with Gasteiger partial charge < -0.3 is 16.4 Å². The predicted molar refractivity (Wildman–Crippen MR) is 97.3 cm³/mol. The van der Waals surface area contributed by atoms with Gasteiger partial charge in [0.15, 0.2) is 0 Å². The molecule has 0 radical (unpaired) electrons. The maximum absolute atomic E-state index is 12.5. The molecule has 0 spiro atoms. The van der Waals surface area contributed by atoms with Crippen molar-refractivity contribution < 1.29 is 9.59 Å². The Labute approximate surface area is 152 Å². The van der Waals surface area contributed by atoms with Gasteiger partial charge in [-0.15, -0.1) is 24.8 Å². The molecule has 2 atom stereocenters. The molecule has 0 aliphatic heterocycles. The van der Waals surface area contributed by atoms with Crippen LogP contribution in [-0.4, -0.2) is 28.6 Å². The number of hydrogen-bond donors (Lipinski definition) is 4. The highest BCUT2D eigenvalue weighted by molar-refractivity contribution is 5.97. The van der Waals surface area contributed by atoms with Gasteiger partial charge in [0.25, 0.3) is 5.91 Å². The lowest BCUT2D eigenvalue weighted by molar-refractivity contribution is -0.128. The minimum absolute atomic E-state index is 0. The molecule has 2 rings (SSSR count). The van der Waals surface area contributed by atoms with Crippen molar-refractivity contribution in [1.82, 2.24) is 15.5 Å². The normalized spacial score (nSPS) is 12.1. The zero-order valence-corrected chi connectivity index (χ0v) is 14.7. The van der Waals surface area contributed by atoms with Crippen molar-refractivity contribution in [2.24, 2.45) is 11.7 Å². The molecule has 2 amide bonds. The van der Waals surface area contributed by atoms with Crippen molar-refractivity contribution in [2.75, 3.05) is 11.9 Å². The fourth-order valence-electron chi connectivity index (χ4n) is 1.87. The van der Waals surface area contributed by atoms with Crippen LogP contribution < -0.4 is 16.4 Å². The summed E-state index contributed by atoms with van der Waals surface area (Å²) in [7, 11) is 0. The lowest BCUT2D eigenvalue weighted by atomic mass is 10.0. The molecule has 7 nitrogen and oxygen atoms in total. The minimum Gasteiger partial charge on any atom is -0.340 e. The number of nitrogens with one attached hydrogen (secondary N) is 3. The quantitative estimate of drug-likeness (QED) is 0.616. The molecule has 1 aromatic carbocycles. The molecule has 1 aromatic heterocycles. The van der Waals surface area contributed by atoms with Crippen molar-refractivity contribution in [3.05, 3.63) is 48.2 Å². The second-order valence-electron chi connectivity index (χ2n) is 4.95. The van der Waals surface area contributed by atoms with Crippen LogP contribution in [0, 0.1) is 5.92 Å². The van der Waals surface area contributed by atoms with Crippen LogP contribution in [0.3, 0.4) is 0 Å². The molecule has 0 saturated carbocycles. The molecule has 5 N–H and O–H groups in total. The van der Waals surface area contributed by atoms with Gasteiger partial charge in [-0.05, 0) is 5.56 Å². The number of hydrogen-bond acceptors (Lipinski definition) is 4. The molecular weight excluding hydrogens is 353 g/mol. The molecule has 132 valence electrons. The minimum atomic E-state index is -0.800. The third-order valence-corrected chi connectivity index (χ3v) is 3.24. The van der Waals surface area contributed by atoms with E-state index < -0.39 is 6.04 Å². The first-order valence-corrected chi connectivity index (χ1v) is 6.97. The zero-order chi connectivity index (χ0) is 15.9. The smallest absolute Gasteiger partial charge is 0.252 e. The maximum Gasteiger partial charge on any atom is 0.252 e. The van der Waals surface area contributed by atoms with Crippen molar-refractivity contribution in [3.8, 4) is 0 Å². The number of benzene rings is 1. The van der Waals surface area contributed by atoms with Gasteiger partial charge in [-0.2, -0.15) is 5.10 Å². The van der Waals surface area contributed by atoms with Gasteiger partial charge in [-0.25, -0.2) is 0 Å². The highest BCUT2D eigenvalue weighted by Crippen LogP contribution is 2.15. The number of nitrogens with two attached hydrogens (primary N) is 1. The summed E-state index contributed by atoms with van der Waals surface area (Å²) in [6.45, 7) is 1.93. The summed E-state index contributed by atoms with van der Waals surface area (Å²) in [5, 5.41) is 11.8. The maximum atomic E-state index is 12.5. The average Bonchev–Trinajstić information content (AvgIpc) is 3.05. The largest absolute Gasteiger partial charge is 0.340 e. The topological polar surface area (TPSA) is 113 Å². The Bertz CT molecular complexity index is 622. The van der Waals surface area contributed by atoms with E-state index in [4.69, 9.17) is 5.73 Å². The number of rotatable bonds is 6. The molecule has 0 aliphatic rings. The molecule has 24 heavy (non-hydrogen) atoms. The van der Waals surface area contributed by atoms with Crippen LogP contribution in [0.4, 0.5) is 5.82 Å². The van der Waals surface area contributed by atoms with Crippen LogP contribution >= 0.6 is 24.8 Å². The van der Waals surface area contributed by atoms with E-state index in [0.29, 0.717) is 11.4 Å². The SMILES string of the molecule is CC(CN)C(=O)NC(C(=O)Nc1ccn[nH]1)c1ccccc1.Cl.Cl. The van der Waals surface area contributed by atoms with Gasteiger partial charge in [0.05, 0.1) is 6.20 Å². The van der Waals surface area contributed by atoms with Crippen LogP contribution in [0.25, 0.3) is 0 Å². The van der Waals surface area contributed by atoms with E-state index in [2.05, 4.69) is 20.8 Å². The first-order chi connectivity index (χ1) is 10.6. The van der Waals surface area contributed by atoms with Gasteiger partial charge in [-0.1, -0.05) is 37.3 Å². The average molecular weight is 374 g/mol. The van der Waals surface area contributed by atoms with Crippen LogP contribution in [0.2, 0.25) is 0 Å². The Balaban J connectivity index is 0.00000264. The summed E-state index contributed by atoms with van der Waals surface area (Å²) in [4.78, 5) is 24.5. The van der Waals surface area contributed by atoms with E-state index in [-0.39, 0.29) is 49.1 Å². The number of aromatic amines is 1. The van der Waals surface area contributed by atoms with Crippen molar-refractivity contribution in [2.45, 2.75) is 13.0 Å². The lowest BCUT2D eigenvalue weighted by Gasteiger charge is -2.20. The van der Waals surface area contributed by atoms with Gasteiger partial charge in [0.1, 0.15) is 11.9 Å². The summed E-state index contributed by atoms with van der Waals surface area (Å²) in [5.74, 6) is -0.526. The molecule has 2 aromatic rings.